The second kappa shape index (κ2) is 5.80. The molecule has 26 heavy (non-hydrogen) atoms. The van der Waals surface area contributed by atoms with Crippen molar-refractivity contribution >= 4 is 30.6 Å². The van der Waals surface area contributed by atoms with E-state index in [4.69, 9.17) is 0 Å². The van der Waals surface area contributed by atoms with E-state index in [2.05, 4.69) is 73.8 Å². The average Bonchev–Trinajstić information content (AvgIpc) is 3.26. The van der Waals surface area contributed by atoms with Crippen molar-refractivity contribution in [1.82, 2.24) is 0 Å². The largest absolute Gasteiger partial charge is 1.00 e. The third kappa shape index (κ3) is 2.05. The first-order valence-corrected chi connectivity index (χ1v) is 14.5. The first-order chi connectivity index (χ1) is 11.6. The van der Waals surface area contributed by atoms with E-state index in [0.717, 1.165) is 0 Å². The standard InChI is InChI=1S/C22H20Si.2ClH.Zr/c1-23(2)19-7-3-5-15-9-11-17(21(15)19)13-14-18-12-10-16-6-4-8-20(23)22(16)18;;;/h3-12H,13-14H2,1-2H3;2*1H;/q;;;+2/p-2. The fourth-order valence-electron chi connectivity index (χ4n) is 5.77. The van der Waals surface area contributed by atoms with Crippen LogP contribution in [0.15, 0.2) is 48.6 Å². The van der Waals surface area contributed by atoms with Crippen LogP contribution in [0.1, 0.15) is 35.1 Å². The SMILES string of the molecule is C[Si]1(C)c2cccc3c2[C]2(C=C3)CC[C]3(C=Cc4cccc1c43)[Zr+2]2.[Cl-].[Cl-]. The summed E-state index contributed by atoms with van der Waals surface area (Å²) in [5.41, 5.74) is 6.60. The van der Waals surface area contributed by atoms with Crippen LogP contribution in [0.2, 0.25) is 13.1 Å². The maximum Gasteiger partial charge on any atom is -1.00 e. The zero-order chi connectivity index (χ0) is 16.2. The van der Waals surface area contributed by atoms with E-state index in [9.17, 15) is 0 Å². The van der Waals surface area contributed by atoms with Gasteiger partial charge in [-0.25, -0.2) is 0 Å². The van der Waals surface area contributed by atoms with E-state index in [-0.39, 0.29) is 24.8 Å². The molecule has 130 valence electrons. The molecule has 2 bridgehead atoms. The molecule has 2 atom stereocenters. The Bertz CT molecular complexity index is 916. The van der Waals surface area contributed by atoms with Gasteiger partial charge in [0.1, 0.15) is 0 Å². The van der Waals surface area contributed by atoms with E-state index < -0.39 is 31.3 Å². The van der Waals surface area contributed by atoms with Crippen LogP contribution in [0.5, 0.6) is 0 Å². The van der Waals surface area contributed by atoms with Crippen LogP contribution in [-0.4, -0.2) is 8.07 Å². The second-order valence-corrected chi connectivity index (χ2v) is 17.7. The van der Waals surface area contributed by atoms with Crippen LogP contribution in [-0.2, 0) is 29.5 Å². The smallest absolute Gasteiger partial charge is 1.00 e. The molecule has 4 heteroatoms. The van der Waals surface area contributed by atoms with Gasteiger partial charge in [-0.05, 0) is 0 Å². The Morgan fingerprint density at radius 1 is 0.769 bits per heavy atom. The van der Waals surface area contributed by atoms with Gasteiger partial charge in [0.15, 0.2) is 0 Å². The van der Waals surface area contributed by atoms with Crippen molar-refractivity contribution in [3.63, 3.8) is 0 Å². The van der Waals surface area contributed by atoms with E-state index in [1.54, 1.807) is 21.5 Å². The fourth-order valence-corrected chi connectivity index (χ4v) is 15.7. The first-order valence-electron chi connectivity index (χ1n) is 9.02. The molecule has 0 saturated carbocycles. The van der Waals surface area contributed by atoms with Crippen molar-refractivity contribution in [1.29, 1.82) is 0 Å². The minimum Gasteiger partial charge on any atom is -1.00 e. The molecule has 0 radical (unpaired) electrons. The first kappa shape index (κ1) is 18.9. The molecule has 2 aliphatic carbocycles. The van der Waals surface area contributed by atoms with Crippen molar-refractivity contribution in [2.45, 2.75) is 32.2 Å². The van der Waals surface area contributed by atoms with Crippen LogP contribution < -0.4 is 35.2 Å². The summed E-state index contributed by atoms with van der Waals surface area (Å²) in [7, 11) is -1.69. The molecule has 1 saturated heterocycles. The molecule has 0 N–H and O–H groups in total. The third-order valence-corrected chi connectivity index (χ3v) is 15.9. The Morgan fingerprint density at radius 2 is 1.23 bits per heavy atom. The molecule has 1 fully saturated rings. The van der Waals surface area contributed by atoms with Gasteiger partial charge < -0.3 is 24.8 Å². The summed E-state index contributed by atoms with van der Waals surface area (Å²) in [6, 6.07) is 14.3. The molecular formula is C22H20Cl2SiZr. The van der Waals surface area contributed by atoms with E-state index >= 15 is 0 Å². The summed E-state index contributed by atoms with van der Waals surface area (Å²) in [4.78, 5) is 0. The summed E-state index contributed by atoms with van der Waals surface area (Å²) in [6.45, 7) is 5.18. The van der Waals surface area contributed by atoms with Gasteiger partial charge >= 0.3 is 157 Å². The van der Waals surface area contributed by atoms with E-state index in [1.807, 2.05) is 0 Å². The molecule has 0 amide bonds. The Balaban J connectivity index is 0.000000841. The maximum absolute atomic E-state index is 2.63. The van der Waals surface area contributed by atoms with Gasteiger partial charge in [-0.15, -0.1) is 0 Å². The molecule has 2 aromatic rings. The normalized spacial score (nSPS) is 29.3. The summed E-state index contributed by atoms with van der Waals surface area (Å²) in [5.74, 6) is 0. The molecule has 2 unspecified atom stereocenters. The number of allylic oxidation sites excluding steroid dienone is 2. The zero-order valence-corrected chi connectivity index (χ0v) is 19.9. The Hall–Kier alpha value is -0.400. The fraction of sp³-hybridized carbons (Fsp3) is 0.273. The summed E-state index contributed by atoms with van der Waals surface area (Å²) in [6.07, 6.45) is 12.9. The molecular weight excluding hydrogens is 454 g/mol. The van der Waals surface area contributed by atoms with E-state index in [1.165, 1.54) is 24.0 Å². The summed E-state index contributed by atoms with van der Waals surface area (Å²) >= 11 is -0.671. The van der Waals surface area contributed by atoms with Gasteiger partial charge in [-0.2, -0.15) is 0 Å². The monoisotopic (exact) mass is 472 g/mol. The number of hydrogen-bond donors (Lipinski definition) is 0. The Morgan fingerprint density at radius 3 is 1.69 bits per heavy atom. The molecule has 0 nitrogen and oxygen atoms in total. The van der Waals surface area contributed by atoms with Gasteiger partial charge in [0.25, 0.3) is 0 Å². The van der Waals surface area contributed by atoms with Gasteiger partial charge in [0.05, 0.1) is 0 Å². The quantitative estimate of drug-likeness (QED) is 0.382. The summed E-state index contributed by atoms with van der Waals surface area (Å²) in [5, 5.41) is 3.45. The van der Waals surface area contributed by atoms with Gasteiger partial charge in [0.2, 0.25) is 0 Å². The predicted molar refractivity (Wildman–Crippen MR) is 100 cm³/mol. The van der Waals surface area contributed by atoms with Crippen molar-refractivity contribution in [3.05, 3.63) is 70.8 Å². The minimum atomic E-state index is -1.69. The zero-order valence-electron chi connectivity index (χ0n) is 14.9. The topological polar surface area (TPSA) is 0 Å². The number of rotatable bonds is 0. The molecule has 2 aliphatic heterocycles. The molecule has 2 spiro atoms. The van der Waals surface area contributed by atoms with Crippen LogP contribution in [0.3, 0.4) is 0 Å². The average molecular weight is 475 g/mol. The number of benzene rings is 2. The minimum absolute atomic E-state index is 0. The van der Waals surface area contributed by atoms with Crippen molar-refractivity contribution in [3.8, 4) is 0 Å². The van der Waals surface area contributed by atoms with Gasteiger partial charge in [0, 0.05) is 0 Å². The van der Waals surface area contributed by atoms with E-state index in [0.29, 0.717) is 6.25 Å². The van der Waals surface area contributed by atoms with Crippen molar-refractivity contribution in [2.24, 2.45) is 0 Å². The Labute approximate surface area is 180 Å². The third-order valence-electron chi connectivity index (χ3n) is 6.89. The maximum atomic E-state index is 2.63. The van der Waals surface area contributed by atoms with Gasteiger partial charge in [-0.3, -0.25) is 0 Å². The van der Waals surface area contributed by atoms with Crippen LogP contribution >= 0.6 is 0 Å². The molecule has 4 aliphatic rings. The Kier molecular flexibility index (Phi) is 4.23. The van der Waals surface area contributed by atoms with Gasteiger partial charge in [-0.1, -0.05) is 0 Å². The molecule has 2 aromatic carbocycles. The molecule has 6 rings (SSSR count). The number of halogens is 2. The van der Waals surface area contributed by atoms with Crippen LogP contribution in [0.4, 0.5) is 0 Å². The second-order valence-electron chi connectivity index (χ2n) is 8.40. The van der Waals surface area contributed by atoms with Crippen LogP contribution in [0, 0.1) is 0 Å². The van der Waals surface area contributed by atoms with Crippen LogP contribution in [0.25, 0.3) is 12.2 Å². The predicted octanol–water partition coefficient (Wildman–Crippen LogP) is -2.15. The van der Waals surface area contributed by atoms with Crippen molar-refractivity contribution in [2.75, 3.05) is 0 Å². The molecule has 2 heterocycles. The van der Waals surface area contributed by atoms with Crippen molar-refractivity contribution < 1.29 is 48.0 Å². The molecule has 0 aromatic heterocycles. The summed E-state index contributed by atoms with van der Waals surface area (Å²) < 4.78 is 0.915. The number of hydrogen-bond acceptors (Lipinski definition) is 0.